The number of hydrogen-bond acceptors (Lipinski definition) is 2. The molecule has 0 aliphatic heterocycles. The molecule has 0 aromatic heterocycles. The van der Waals surface area contributed by atoms with Gasteiger partial charge in [0.05, 0.1) is 12.2 Å². The van der Waals surface area contributed by atoms with Crippen LogP contribution in [-0.2, 0) is 0 Å². The summed E-state index contributed by atoms with van der Waals surface area (Å²) in [5, 5.41) is 19.8. The molecule has 0 saturated heterocycles. The highest BCUT2D eigenvalue weighted by Gasteiger charge is 2.33. The highest BCUT2D eigenvalue weighted by molar-refractivity contribution is 4.99. The maximum atomic E-state index is 10.1. The lowest BCUT2D eigenvalue weighted by Gasteiger charge is -2.21. The van der Waals surface area contributed by atoms with Gasteiger partial charge in [0.25, 0.3) is 0 Å². The zero-order chi connectivity index (χ0) is 14.1. The molecule has 2 unspecified atom stereocenters. The van der Waals surface area contributed by atoms with E-state index in [1.807, 2.05) is 6.92 Å². The van der Waals surface area contributed by atoms with Gasteiger partial charge in [0.15, 0.2) is 0 Å². The second-order valence-electron chi connectivity index (χ2n) is 6.06. The quantitative estimate of drug-likeness (QED) is 0.489. The Morgan fingerprint density at radius 2 is 1.95 bits per heavy atom. The van der Waals surface area contributed by atoms with Crippen LogP contribution in [0.3, 0.4) is 0 Å². The molecule has 112 valence electrons. The normalized spacial score (nSPS) is 29.2. The molecule has 2 N–H and O–H groups in total. The van der Waals surface area contributed by atoms with Crippen molar-refractivity contribution in [2.75, 3.05) is 0 Å². The predicted molar refractivity (Wildman–Crippen MR) is 81.0 cm³/mol. The summed E-state index contributed by atoms with van der Waals surface area (Å²) >= 11 is 0. The van der Waals surface area contributed by atoms with Crippen LogP contribution in [0.5, 0.6) is 0 Å². The summed E-state index contributed by atoms with van der Waals surface area (Å²) in [4.78, 5) is 0. The molecule has 0 aromatic rings. The molecule has 0 heterocycles. The van der Waals surface area contributed by atoms with E-state index < -0.39 is 0 Å². The Kier molecular flexibility index (Phi) is 8.40. The predicted octanol–water partition coefficient (Wildman–Crippen LogP) is 4.06. The Labute approximate surface area is 118 Å². The molecular weight excluding hydrogens is 236 g/mol. The van der Waals surface area contributed by atoms with E-state index >= 15 is 0 Å². The first-order valence-corrected chi connectivity index (χ1v) is 8.21. The van der Waals surface area contributed by atoms with Crippen LogP contribution in [0, 0.1) is 11.8 Å². The maximum Gasteiger partial charge on any atom is 0.0605 e. The van der Waals surface area contributed by atoms with Crippen LogP contribution in [0.2, 0.25) is 0 Å². The molecule has 0 amide bonds. The number of unbranched alkanes of at least 4 members (excludes halogenated alkanes) is 4. The lowest BCUT2D eigenvalue weighted by Crippen LogP contribution is -2.20. The van der Waals surface area contributed by atoms with Crippen LogP contribution >= 0.6 is 0 Å². The van der Waals surface area contributed by atoms with Gasteiger partial charge in [-0.1, -0.05) is 45.3 Å². The van der Waals surface area contributed by atoms with E-state index in [-0.39, 0.29) is 18.1 Å². The maximum absolute atomic E-state index is 10.1. The minimum Gasteiger partial charge on any atom is -0.393 e. The molecule has 1 aliphatic rings. The fourth-order valence-corrected chi connectivity index (χ4v) is 3.10. The monoisotopic (exact) mass is 268 g/mol. The third-order valence-corrected chi connectivity index (χ3v) is 4.45. The molecule has 4 atom stereocenters. The fourth-order valence-electron chi connectivity index (χ4n) is 3.10. The Hall–Kier alpha value is -0.340. The van der Waals surface area contributed by atoms with Crippen molar-refractivity contribution >= 4 is 0 Å². The molecule has 1 saturated carbocycles. The van der Waals surface area contributed by atoms with Crippen molar-refractivity contribution in [1.82, 2.24) is 0 Å². The molecule has 19 heavy (non-hydrogen) atoms. The van der Waals surface area contributed by atoms with E-state index in [0.29, 0.717) is 5.92 Å². The molecule has 0 radical (unpaired) electrons. The van der Waals surface area contributed by atoms with E-state index in [0.717, 1.165) is 32.1 Å². The first kappa shape index (κ1) is 16.7. The van der Waals surface area contributed by atoms with Crippen molar-refractivity contribution in [3.8, 4) is 0 Å². The van der Waals surface area contributed by atoms with Gasteiger partial charge in [0.2, 0.25) is 0 Å². The minimum absolute atomic E-state index is 0.194. The van der Waals surface area contributed by atoms with E-state index in [4.69, 9.17) is 0 Å². The van der Waals surface area contributed by atoms with Crippen molar-refractivity contribution in [2.24, 2.45) is 11.8 Å². The number of aliphatic hydroxyl groups is 2. The van der Waals surface area contributed by atoms with Crippen molar-refractivity contribution in [1.29, 1.82) is 0 Å². The van der Waals surface area contributed by atoms with Crippen molar-refractivity contribution in [3.05, 3.63) is 12.2 Å². The average molecular weight is 268 g/mol. The molecule has 1 fully saturated rings. The van der Waals surface area contributed by atoms with Gasteiger partial charge in [0.1, 0.15) is 0 Å². The van der Waals surface area contributed by atoms with Gasteiger partial charge < -0.3 is 10.2 Å². The standard InChI is InChI=1S/C17H32O2/c1-3-5-6-7-8-9-10-16-14(11-12-17(16)19)13-15(18)4-2/h9-10,14-19H,3-8,11-13H2,1-2H3/b10-9+/t14-,15?,16?,17-/m1/s1. The number of aliphatic hydroxyl groups excluding tert-OH is 2. The second-order valence-corrected chi connectivity index (χ2v) is 6.06. The second kappa shape index (κ2) is 9.55. The molecule has 2 nitrogen and oxygen atoms in total. The largest absolute Gasteiger partial charge is 0.393 e. The molecule has 0 bridgehead atoms. The van der Waals surface area contributed by atoms with Crippen molar-refractivity contribution in [2.45, 2.75) is 83.8 Å². The summed E-state index contributed by atoms with van der Waals surface area (Å²) in [5.41, 5.74) is 0. The van der Waals surface area contributed by atoms with Gasteiger partial charge in [-0.05, 0) is 44.4 Å². The Morgan fingerprint density at radius 1 is 1.16 bits per heavy atom. The summed E-state index contributed by atoms with van der Waals surface area (Å²) in [6.45, 7) is 4.25. The summed E-state index contributed by atoms with van der Waals surface area (Å²) in [6, 6.07) is 0. The van der Waals surface area contributed by atoms with Crippen LogP contribution in [0.15, 0.2) is 12.2 Å². The topological polar surface area (TPSA) is 40.5 Å². The summed E-state index contributed by atoms with van der Waals surface area (Å²) in [7, 11) is 0. The Morgan fingerprint density at radius 3 is 2.63 bits per heavy atom. The van der Waals surface area contributed by atoms with Crippen LogP contribution in [0.1, 0.15) is 71.6 Å². The number of allylic oxidation sites excluding steroid dienone is 1. The van der Waals surface area contributed by atoms with Crippen LogP contribution in [0.4, 0.5) is 0 Å². The molecule has 0 spiro atoms. The first-order valence-electron chi connectivity index (χ1n) is 8.21. The Bertz CT molecular complexity index is 250. The Balaban J connectivity index is 2.33. The van der Waals surface area contributed by atoms with Crippen molar-refractivity contribution in [3.63, 3.8) is 0 Å². The first-order chi connectivity index (χ1) is 9.19. The van der Waals surface area contributed by atoms with E-state index in [1.165, 1.54) is 25.7 Å². The average Bonchev–Trinajstić information content (AvgIpc) is 2.75. The summed E-state index contributed by atoms with van der Waals surface area (Å²) in [6.07, 6.45) is 14.0. The number of hydrogen-bond donors (Lipinski definition) is 2. The molecule has 1 rings (SSSR count). The van der Waals surface area contributed by atoms with Gasteiger partial charge in [0, 0.05) is 5.92 Å². The van der Waals surface area contributed by atoms with E-state index in [2.05, 4.69) is 19.1 Å². The van der Waals surface area contributed by atoms with Gasteiger partial charge in [-0.3, -0.25) is 0 Å². The lowest BCUT2D eigenvalue weighted by atomic mass is 9.88. The summed E-state index contributed by atoms with van der Waals surface area (Å²) < 4.78 is 0. The zero-order valence-corrected chi connectivity index (χ0v) is 12.7. The smallest absolute Gasteiger partial charge is 0.0605 e. The van der Waals surface area contributed by atoms with Crippen LogP contribution in [-0.4, -0.2) is 22.4 Å². The van der Waals surface area contributed by atoms with Crippen LogP contribution in [0.25, 0.3) is 0 Å². The summed E-state index contributed by atoms with van der Waals surface area (Å²) in [5.74, 6) is 0.740. The van der Waals surface area contributed by atoms with Gasteiger partial charge >= 0.3 is 0 Å². The lowest BCUT2D eigenvalue weighted by molar-refractivity contribution is 0.107. The van der Waals surface area contributed by atoms with Crippen LogP contribution < -0.4 is 0 Å². The SMILES string of the molecule is CCCCCC/C=C/C1[C@@H](CC(O)CC)CC[C@H]1O. The third kappa shape index (κ3) is 6.09. The molecular formula is C17H32O2. The van der Waals surface area contributed by atoms with E-state index in [9.17, 15) is 10.2 Å². The number of rotatable bonds is 9. The van der Waals surface area contributed by atoms with Gasteiger partial charge in [-0.2, -0.15) is 0 Å². The zero-order valence-electron chi connectivity index (χ0n) is 12.7. The van der Waals surface area contributed by atoms with Gasteiger partial charge in [-0.15, -0.1) is 0 Å². The van der Waals surface area contributed by atoms with E-state index in [1.54, 1.807) is 0 Å². The fraction of sp³-hybridized carbons (Fsp3) is 0.882. The highest BCUT2D eigenvalue weighted by atomic mass is 16.3. The minimum atomic E-state index is -0.198. The molecule has 1 aliphatic carbocycles. The molecule has 0 aromatic carbocycles. The highest BCUT2D eigenvalue weighted by Crippen LogP contribution is 2.36. The third-order valence-electron chi connectivity index (χ3n) is 4.45. The van der Waals surface area contributed by atoms with Crippen molar-refractivity contribution < 1.29 is 10.2 Å². The van der Waals surface area contributed by atoms with Gasteiger partial charge in [-0.25, -0.2) is 0 Å². The molecule has 2 heteroatoms.